The van der Waals surface area contributed by atoms with E-state index in [-0.39, 0.29) is 11.3 Å². The SMILES string of the molecule is O=C(O)c1cc(Sc2ccc(Br)cc2)ccc1O. The number of rotatable bonds is 3. The van der Waals surface area contributed by atoms with Crippen molar-refractivity contribution in [1.29, 1.82) is 0 Å². The smallest absolute Gasteiger partial charge is 0.339 e. The van der Waals surface area contributed by atoms with Crippen LogP contribution in [0.5, 0.6) is 5.75 Å². The molecule has 0 aromatic heterocycles. The van der Waals surface area contributed by atoms with Crippen LogP contribution < -0.4 is 0 Å². The van der Waals surface area contributed by atoms with Crippen molar-refractivity contribution in [2.45, 2.75) is 9.79 Å². The van der Waals surface area contributed by atoms with Crippen molar-refractivity contribution in [2.24, 2.45) is 0 Å². The normalized spacial score (nSPS) is 10.3. The van der Waals surface area contributed by atoms with E-state index in [1.165, 1.54) is 23.9 Å². The second kappa shape index (κ2) is 5.46. The first-order valence-electron chi connectivity index (χ1n) is 5.06. The maximum atomic E-state index is 10.9. The predicted molar refractivity (Wildman–Crippen MR) is 73.3 cm³/mol. The fraction of sp³-hybridized carbons (Fsp3) is 0. The van der Waals surface area contributed by atoms with E-state index in [4.69, 9.17) is 5.11 Å². The number of aromatic carboxylic acids is 1. The van der Waals surface area contributed by atoms with Gasteiger partial charge in [-0.2, -0.15) is 0 Å². The maximum absolute atomic E-state index is 10.9. The van der Waals surface area contributed by atoms with E-state index in [0.717, 1.165) is 14.3 Å². The highest BCUT2D eigenvalue weighted by Gasteiger charge is 2.10. The summed E-state index contributed by atoms with van der Waals surface area (Å²) in [6.07, 6.45) is 0. The van der Waals surface area contributed by atoms with Crippen molar-refractivity contribution in [3.8, 4) is 5.75 Å². The predicted octanol–water partition coefficient (Wildman–Crippen LogP) is 4.00. The molecule has 0 radical (unpaired) electrons. The molecule has 2 N–H and O–H groups in total. The lowest BCUT2D eigenvalue weighted by molar-refractivity contribution is 0.0693. The van der Waals surface area contributed by atoms with Gasteiger partial charge in [0.2, 0.25) is 0 Å². The van der Waals surface area contributed by atoms with Crippen molar-refractivity contribution in [1.82, 2.24) is 0 Å². The molecule has 0 aliphatic rings. The minimum Gasteiger partial charge on any atom is -0.507 e. The average Bonchev–Trinajstić information content (AvgIpc) is 2.34. The molecule has 2 aromatic rings. The molecule has 0 saturated heterocycles. The Kier molecular flexibility index (Phi) is 3.93. The summed E-state index contributed by atoms with van der Waals surface area (Å²) in [5.74, 6) is -1.35. The lowest BCUT2D eigenvalue weighted by atomic mass is 10.2. The first kappa shape index (κ1) is 13.0. The Morgan fingerprint density at radius 2 is 1.67 bits per heavy atom. The van der Waals surface area contributed by atoms with Crippen LogP contribution in [-0.4, -0.2) is 16.2 Å². The highest BCUT2D eigenvalue weighted by molar-refractivity contribution is 9.10. The zero-order valence-electron chi connectivity index (χ0n) is 9.13. The van der Waals surface area contributed by atoms with E-state index in [1.54, 1.807) is 6.07 Å². The van der Waals surface area contributed by atoms with E-state index >= 15 is 0 Å². The molecule has 0 atom stereocenters. The zero-order valence-corrected chi connectivity index (χ0v) is 11.5. The molecule has 3 nitrogen and oxygen atoms in total. The number of carboxylic acid groups (broad SMARTS) is 1. The lowest BCUT2D eigenvalue weighted by Crippen LogP contribution is -1.96. The highest BCUT2D eigenvalue weighted by Crippen LogP contribution is 2.31. The second-order valence-electron chi connectivity index (χ2n) is 3.54. The van der Waals surface area contributed by atoms with Gasteiger partial charge in [0.15, 0.2) is 0 Å². The molecule has 0 heterocycles. The number of hydrogen-bond donors (Lipinski definition) is 2. The number of benzene rings is 2. The van der Waals surface area contributed by atoms with Crippen LogP contribution >= 0.6 is 27.7 Å². The fourth-order valence-corrected chi connectivity index (χ4v) is 2.51. The summed E-state index contributed by atoms with van der Waals surface area (Å²) in [7, 11) is 0. The third-order valence-electron chi connectivity index (χ3n) is 2.25. The van der Waals surface area contributed by atoms with E-state index in [9.17, 15) is 9.90 Å². The molecule has 0 bridgehead atoms. The monoisotopic (exact) mass is 324 g/mol. The van der Waals surface area contributed by atoms with Crippen LogP contribution in [0.1, 0.15) is 10.4 Å². The lowest BCUT2D eigenvalue weighted by Gasteiger charge is -2.04. The maximum Gasteiger partial charge on any atom is 0.339 e. The third-order valence-corrected chi connectivity index (χ3v) is 3.77. The Hall–Kier alpha value is -1.46. The van der Waals surface area contributed by atoms with Crippen molar-refractivity contribution >= 4 is 33.7 Å². The van der Waals surface area contributed by atoms with E-state index in [0.29, 0.717) is 0 Å². The largest absolute Gasteiger partial charge is 0.507 e. The molecule has 0 fully saturated rings. The number of phenols is 1. The van der Waals surface area contributed by atoms with Crippen LogP contribution in [0.4, 0.5) is 0 Å². The summed E-state index contributed by atoms with van der Waals surface area (Å²) in [5, 5.41) is 18.3. The summed E-state index contributed by atoms with van der Waals surface area (Å²) < 4.78 is 0.990. The molecule has 92 valence electrons. The Morgan fingerprint density at radius 3 is 2.28 bits per heavy atom. The number of carbonyl (C=O) groups is 1. The first-order chi connectivity index (χ1) is 8.56. The molecule has 0 aliphatic carbocycles. The van der Waals surface area contributed by atoms with Crippen LogP contribution in [0.2, 0.25) is 0 Å². The van der Waals surface area contributed by atoms with Gasteiger partial charge in [-0.15, -0.1) is 0 Å². The van der Waals surface area contributed by atoms with E-state index in [2.05, 4.69) is 15.9 Å². The Labute approximate surface area is 117 Å². The van der Waals surface area contributed by atoms with E-state index in [1.807, 2.05) is 24.3 Å². The number of aromatic hydroxyl groups is 1. The van der Waals surface area contributed by atoms with Crippen LogP contribution in [0, 0.1) is 0 Å². The van der Waals surface area contributed by atoms with Crippen LogP contribution in [0.3, 0.4) is 0 Å². The molecule has 0 spiro atoms. The molecular formula is C13H9BrO3S. The molecule has 5 heteroatoms. The van der Waals surface area contributed by atoms with E-state index < -0.39 is 5.97 Å². The van der Waals surface area contributed by atoms with Crippen molar-refractivity contribution in [2.75, 3.05) is 0 Å². The Balaban J connectivity index is 2.27. The highest BCUT2D eigenvalue weighted by atomic mass is 79.9. The van der Waals surface area contributed by atoms with Gasteiger partial charge in [-0.05, 0) is 42.5 Å². The second-order valence-corrected chi connectivity index (χ2v) is 5.60. The van der Waals surface area contributed by atoms with Gasteiger partial charge in [0.1, 0.15) is 11.3 Å². The third kappa shape index (κ3) is 3.05. The van der Waals surface area contributed by atoms with Gasteiger partial charge in [-0.25, -0.2) is 4.79 Å². The molecule has 0 amide bonds. The summed E-state index contributed by atoms with van der Waals surface area (Å²) in [6, 6.07) is 12.2. The Bertz CT molecular complexity index is 581. The molecule has 2 aromatic carbocycles. The zero-order chi connectivity index (χ0) is 13.1. The van der Waals surface area contributed by atoms with Gasteiger partial charge >= 0.3 is 5.97 Å². The fourth-order valence-electron chi connectivity index (χ4n) is 1.39. The number of carboxylic acids is 1. The minimum absolute atomic E-state index is 0.0860. The summed E-state index contributed by atoms with van der Waals surface area (Å²) >= 11 is 4.79. The average molecular weight is 325 g/mol. The summed E-state index contributed by atoms with van der Waals surface area (Å²) in [5.41, 5.74) is -0.0860. The summed E-state index contributed by atoms with van der Waals surface area (Å²) in [4.78, 5) is 12.7. The van der Waals surface area contributed by atoms with Crippen LogP contribution in [0.25, 0.3) is 0 Å². The first-order valence-corrected chi connectivity index (χ1v) is 6.67. The van der Waals surface area contributed by atoms with Crippen molar-refractivity contribution in [3.05, 3.63) is 52.5 Å². The quantitative estimate of drug-likeness (QED) is 0.895. The molecular weight excluding hydrogens is 316 g/mol. The van der Waals surface area contributed by atoms with Gasteiger partial charge in [0, 0.05) is 14.3 Å². The molecule has 0 unspecified atom stereocenters. The van der Waals surface area contributed by atoms with Gasteiger partial charge in [0.05, 0.1) is 0 Å². The van der Waals surface area contributed by atoms with Gasteiger partial charge < -0.3 is 10.2 Å². The molecule has 18 heavy (non-hydrogen) atoms. The molecule has 0 saturated carbocycles. The van der Waals surface area contributed by atoms with Gasteiger partial charge in [-0.1, -0.05) is 27.7 Å². The standard InChI is InChI=1S/C13H9BrO3S/c14-8-1-3-9(4-2-8)18-10-5-6-12(15)11(7-10)13(16)17/h1-7,15H,(H,16,17). The molecule has 0 aliphatic heterocycles. The summed E-state index contributed by atoms with van der Waals surface area (Å²) in [6.45, 7) is 0. The van der Waals surface area contributed by atoms with Crippen LogP contribution in [0.15, 0.2) is 56.7 Å². The van der Waals surface area contributed by atoms with Crippen LogP contribution in [-0.2, 0) is 0 Å². The number of hydrogen-bond acceptors (Lipinski definition) is 3. The Morgan fingerprint density at radius 1 is 1.06 bits per heavy atom. The minimum atomic E-state index is -1.13. The van der Waals surface area contributed by atoms with Gasteiger partial charge in [0.25, 0.3) is 0 Å². The number of halogens is 1. The van der Waals surface area contributed by atoms with Gasteiger partial charge in [-0.3, -0.25) is 0 Å². The topological polar surface area (TPSA) is 57.5 Å². The van der Waals surface area contributed by atoms with Crippen molar-refractivity contribution < 1.29 is 15.0 Å². The van der Waals surface area contributed by atoms with Crippen molar-refractivity contribution in [3.63, 3.8) is 0 Å². The molecule has 2 rings (SSSR count).